The number of rotatable bonds is 3. The molecule has 6 heteroatoms. The molecule has 0 aliphatic rings. The van der Waals surface area contributed by atoms with Gasteiger partial charge >= 0.3 is 0 Å². The van der Waals surface area contributed by atoms with Gasteiger partial charge in [0.2, 0.25) is 5.91 Å². The molecule has 0 saturated carbocycles. The molecule has 1 N–H and O–H groups in total. The molecule has 1 atom stereocenters. The van der Waals surface area contributed by atoms with Crippen LogP contribution in [0.4, 0.5) is 5.69 Å². The van der Waals surface area contributed by atoms with Crippen molar-refractivity contribution in [3.63, 3.8) is 0 Å². The van der Waals surface area contributed by atoms with Gasteiger partial charge in [-0.1, -0.05) is 22.7 Å². The second-order valence-corrected chi connectivity index (χ2v) is 4.09. The van der Waals surface area contributed by atoms with Crippen molar-refractivity contribution in [3.8, 4) is 0 Å². The van der Waals surface area contributed by atoms with Crippen LogP contribution in [0.1, 0.15) is 11.1 Å². The lowest BCUT2D eigenvalue weighted by Crippen LogP contribution is -2.17. The quantitative estimate of drug-likeness (QED) is 0.855. The van der Waals surface area contributed by atoms with E-state index in [1.54, 1.807) is 17.5 Å². The summed E-state index contributed by atoms with van der Waals surface area (Å²) in [6.07, 6.45) is 0. The van der Waals surface area contributed by atoms with Crippen LogP contribution in [0.15, 0.2) is 35.7 Å². The minimum absolute atomic E-state index is 0.305. The summed E-state index contributed by atoms with van der Waals surface area (Å²) in [4.78, 5) is 11.7. The lowest BCUT2D eigenvalue weighted by atomic mass is 10.3. The Bertz CT molecular complexity index is 460. The SMILES string of the molecule is O=C(Nc1ccccc1)C(Cl)c1csnn1. The van der Waals surface area contributed by atoms with Crippen molar-refractivity contribution >= 4 is 34.7 Å². The predicted molar refractivity (Wildman–Crippen MR) is 63.6 cm³/mol. The Hall–Kier alpha value is -1.46. The maximum Gasteiger partial charge on any atom is 0.248 e. The molecule has 0 saturated heterocycles. The monoisotopic (exact) mass is 253 g/mol. The average Bonchev–Trinajstić information content (AvgIpc) is 2.83. The molecule has 1 aromatic carbocycles. The molecular weight excluding hydrogens is 246 g/mol. The number of benzene rings is 1. The summed E-state index contributed by atoms with van der Waals surface area (Å²) in [5.41, 5.74) is 1.18. The summed E-state index contributed by atoms with van der Waals surface area (Å²) in [5.74, 6) is -0.305. The molecular formula is C10H8ClN3OS. The number of nitrogens with zero attached hydrogens (tertiary/aromatic N) is 2. The zero-order valence-electron chi connectivity index (χ0n) is 8.13. The van der Waals surface area contributed by atoms with Gasteiger partial charge in [-0.05, 0) is 23.7 Å². The third kappa shape index (κ3) is 2.56. The molecule has 0 aliphatic heterocycles. The number of anilines is 1. The minimum atomic E-state index is -0.807. The summed E-state index contributed by atoms with van der Waals surface area (Å²) in [7, 11) is 0. The van der Waals surface area contributed by atoms with Gasteiger partial charge in [-0.2, -0.15) is 0 Å². The first-order valence-electron chi connectivity index (χ1n) is 4.54. The number of amides is 1. The van der Waals surface area contributed by atoms with E-state index in [4.69, 9.17) is 11.6 Å². The van der Waals surface area contributed by atoms with Crippen LogP contribution in [0.5, 0.6) is 0 Å². The number of nitrogens with one attached hydrogen (secondary N) is 1. The van der Waals surface area contributed by atoms with Gasteiger partial charge in [-0.3, -0.25) is 4.79 Å². The van der Waals surface area contributed by atoms with E-state index in [0.717, 1.165) is 0 Å². The highest BCUT2D eigenvalue weighted by molar-refractivity contribution is 7.03. The normalized spacial score (nSPS) is 12.1. The van der Waals surface area contributed by atoms with E-state index in [-0.39, 0.29) is 5.91 Å². The molecule has 0 bridgehead atoms. The fraction of sp³-hybridized carbons (Fsp3) is 0.100. The van der Waals surface area contributed by atoms with Crippen LogP contribution in [0.25, 0.3) is 0 Å². The van der Waals surface area contributed by atoms with Gasteiger partial charge in [0, 0.05) is 11.1 Å². The highest BCUT2D eigenvalue weighted by Gasteiger charge is 2.20. The summed E-state index contributed by atoms with van der Waals surface area (Å²) in [6, 6.07) is 9.13. The molecule has 0 fully saturated rings. The molecule has 0 spiro atoms. The first-order chi connectivity index (χ1) is 7.77. The Kier molecular flexibility index (Phi) is 3.48. The topological polar surface area (TPSA) is 54.9 Å². The molecule has 0 aliphatic carbocycles. The fourth-order valence-corrected chi connectivity index (χ4v) is 1.86. The number of hydrogen-bond acceptors (Lipinski definition) is 4. The summed E-state index contributed by atoms with van der Waals surface area (Å²) in [6.45, 7) is 0. The van der Waals surface area contributed by atoms with E-state index in [1.807, 2.05) is 18.2 Å². The lowest BCUT2D eigenvalue weighted by Gasteiger charge is -2.07. The first kappa shape index (κ1) is 11.0. The molecule has 1 unspecified atom stereocenters. The van der Waals surface area contributed by atoms with E-state index in [0.29, 0.717) is 11.4 Å². The number of para-hydroxylation sites is 1. The van der Waals surface area contributed by atoms with E-state index in [2.05, 4.69) is 14.9 Å². The Morgan fingerprint density at radius 3 is 2.75 bits per heavy atom. The average molecular weight is 254 g/mol. The van der Waals surface area contributed by atoms with Crippen LogP contribution < -0.4 is 5.32 Å². The molecule has 4 nitrogen and oxygen atoms in total. The van der Waals surface area contributed by atoms with Crippen molar-refractivity contribution in [1.82, 2.24) is 9.59 Å². The second kappa shape index (κ2) is 5.05. The standard InChI is InChI=1S/C10H8ClN3OS/c11-9(8-6-16-14-13-8)10(15)12-7-4-2-1-3-5-7/h1-6,9H,(H,12,15). The number of halogens is 1. The molecule has 1 amide bonds. The van der Waals surface area contributed by atoms with E-state index in [1.165, 1.54) is 11.5 Å². The van der Waals surface area contributed by atoms with Crippen molar-refractivity contribution < 1.29 is 4.79 Å². The van der Waals surface area contributed by atoms with Crippen molar-refractivity contribution in [1.29, 1.82) is 0 Å². The van der Waals surface area contributed by atoms with Gasteiger partial charge in [0.25, 0.3) is 0 Å². The maximum absolute atomic E-state index is 11.7. The molecule has 16 heavy (non-hydrogen) atoms. The molecule has 82 valence electrons. The maximum atomic E-state index is 11.7. The number of carbonyl (C=O) groups is 1. The van der Waals surface area contributed by atoms with E-state index in [9.17, 15) is 4.79 Å². The van der Waals surface area contributed by atoms with Crippen LogP contribution in [-0.4, -0.2) is 15.5 Å². The molecule has 0 radical (unpaired) electrons. The Morgan fingerprint density at radius 2 is 2.12 bits per heavy atom. The minimum Gasteiger partial charge on any atom is -0.324 e. The molecule has 1 heterocycles. The zero-order chi connectivity index (χ0) is 11.4. The third-order valence-corrected chi connectivity index (χ3v) is 2.85. The Morgan fingerprint density at radius 1 is 1.38 bits per heavy atom. The number of alkyl halides is 1. The molecule has 1 aromatic heterocycles. The largest absolute Gasteiger partial charge is 0.324 e. The van der Waals surface area contributed by atoms with Crippen LogP contribution >= 0.6 is 23.1 Å². The second-order valence-electron chi connectivity index (χ2n) is 3.05. The van der Waals surface area contributed by atoms with Crippen LogP contribution in [0.3, 0.4) is 0 Å². The number of aromatic nitrogens is 2. The third-order valence-electron chi connectivity index (χ3n) is 1.91. The summed E-state index contributed by atoms with van der Waals surface area (Å²) >= 11 is 7.11. The molecule has 2 aromatic rings. The summed E-state index contributed by atoms with van der Waals surface area (Å²) in [5, 5.41) is 7.30. The highest BCUT2D eigenvalue weighted by Crippen LogP contribution is 2.21. The van der Waals surface area contributed by atoms with E-state index >= 15 is 0 Å². The van der Waals surface area contributed by atoms with Crippen LogP contribution in [0, 0.1) is 0 Å². The number of hydrogen-bond donors (Lipinski definition) is 1. The first-order valence-corrected chi connectivity index (χ1v) is 5.81. The molecule has 2 rings (SSSR count). The van der Waals surface area contributed by atoms with Crippen LogP contribution in [-0.2, 0) is 4.79 Å². The van der Waals surface area contributed by atoms with Gasteiger partial charge in [0.15, 0.2) is 5.38 Å². The Labute approximate surface area is 101 Å². The Balaban J connectivity index is 2.04. The van der Waals surface area contributed by atoms with Crippen molar-refractivity contribution in [2.24, 2.45) is 0 Å². The van der Waals surface area contributed by atoms with Gasteiger partial charge < -0.3 is 5.32 Å². The highest BCUT2D eigenvalue weighted by atomic mass is 35.5. The lowest BCUT2D eigenvalue weighted by molar-refractivity contribution is -0.116. The van der Waals surface area contributed by atoms with Crippen molar-refractivity contribution in [3.05, 3.63) is 41.4 Å². The van der Waals surface area contributed by atoms with Crippen LogP contribution in [0.2, 0.25) is 0 Å². The van der Waals surface area contributed by atoms with Crippen molar-refractivity contribution in [2.45, 2.75) is 5.38 Å². The van der Waals surface area contributed by atoms with Crippen molar-refractivity contribution in [2.75, 3.05) is 5.32 Å². The zero-order valence-corrected chi connectivity index (χ0v) is 9.70. The van der Waals surface area contributed by atoms with Gasteiger partial charge in [0.05, 0.1) is 0 Å². The van der Waals surface area contributed by atoms with E-state index < -0.39 is 5.38 Å². The fourth-order valence-electron chi connectivity index (χ4n) is 1.14. The summed E-state index contributed by atoms with van der Waals surface area (Å²) < 4.78 is 3.66. The van der Waals surface area contributed by atoms with Gasteiger partial charge in [-0.15, -0.1) is 16.7 Å². The number of carbonyl (C=O) groups excluding carboxylic acids is 1. The smallest absolute Gasteiger partial charge is 0.248 e. The van der Waals surface area contributed by atoms with Gasteiger partial charge in [0.1, 0.15) is 5.69 Å². The van der Waals surface area contributed by atoms with Gasteiger partial charge in [-0.25, -0.2) is 0 Å². The predicted octanol–water partition coefficient (Wildman–Crippen LogP) is 2.46.